The fraction of sp³-hybridized carbons (Fsp3) is 0.158. The van der Waals surface area contributed by atoms with Gasteiger partial charge in [0, 0.05) is 4.90 Å². The summed E-state index contributed by atoms with van der Waals surface area (Å²) in [5, 5.41) is 0. The van der Waals surface area contributed by atoms with E-state index in [2.05, 4.69) is 4.74 Å². The fourth-order valence-corrected chi connectivity index (χ4v) is 3.13. The third-order valence-corrected chi connectivity index (χ3v) is 4.55. The highest BCUT2D eigenvalue weighted by Crippen LogP contribution is 2.27. The molecule has 0 saturated carbocycles. The summed E-state index contributed by atoms with van der Waals surface area (Å²) in [4.78, 5) is 24.6. The van der Waals surface area contributed by atoms with Crippen molar-refractivity contribution >= 4 is 23.7 Å². The molecule has 26 heavy (non-hydrogen) atoms. The average Bonchev–Trinajstić information content (AvgIpc) is 3.36. The molecule has 2 heterocycles. The van der Waals surface area contributed by atoms with E-state index in [0.29, 0.717) is 17.1 Å². The third-order valence-electron chi connectivity index (χ3n) is 3.45. The molecule has 7 heteroatoms. The van der Waals surface area contributed by atoms with Crippen molar-refractivity contribution in [2.45, 2.75) is 17.3 Å². The second-order valence-corrected chi connectivity index (χ2v) is 6.22. The van der Waals surface area contributed by atoms with Gasteiger partial charge in [0.25, 0.3) is 0 Å². The lowest BCUT2D eigenvalue weighted by Gasteiger charge is -2.08. The Morgan fingerprint density at radius 1 is 1.00 bits per heavy atom. The predicted molar refractivity (Wildman–Crippen MR) is 93.9 cm³/mol. The summed E-state index contributed by atoms with van der Waals surface area (Å²) < 4.78 is 20.4. The van der Waals surface area contributed by atoms with Crippen molar-refractivity contribution < 1.29 is 27.9 Å². The van der Waals surface area contributed by atoms with Gasteiger partial charge in [-0.1, -0.05) is 12.1 Å². The number of benzene rings is 1. The van der Waals surface area contributed by atoms with E-state index in [0.717, 1.165) is 10.7 Å². The van der Waals surface area contributed by atoms with Crippen LogP contribution in [0, 0.1) is 0 Å². The van der Waals surface area contributed by atoms with Gasteiger partial charge in [-0.05, 0) is 36.4 Å². The molecule has 0 atom stereocenters. The molecule has 0 fully saturated rings. The second kappa shape index (κ2) is 8.44. The number of thioether (sulfide) groups is 1. The molecule has 134 valence electrons. The maximum absolute atomic E-state index is 12.4. The van der Waals surface area contributed by atoms with Gasteiger partial charge in [-0.25, -0.2) is 9.59 Å². The largest absolute Gasteiger partial charge is 0.468 e. The van der Waals surface area contributed by atoms with E-state index >= 15 is 0 Å². The van der Waals surface area contributed by atoms with Crippen molar-refractivity contribution in [2.75, 3.05) is 7.11 Å². The van der Waals surface area contributed by atoms with Crippen LogP contribution in [0.3, 0.4) is 0 Å². The minimum Gasteiger partial charge on any atom is -0.468 e. The smallest absolute Gasteiger partial charge is 0.373 e. The molecule has 3 rings (SSSR count). The molecular weight excluding hydrogens is 356 g/mol. The van der Waals surface area contributed by atoms with Gasteiger partial charge < -0.3 is 18.3 Å². The van der Waals surface area contributed by atoms with Gasteiger partial charge in [0.15, 0.2) is 0 Å². The molecule has 0 unspecified atom stereocenters. The van der Waals surface area contributed by atoms with Crippen LogP contribution >= 0.6 is 11.8 Å². The Morgan fingerprint density at radius 2 is 1.85 bits per heavy atom. The fourth-order valence-electron chi connectivity index (χ4n) is 2.18. The maximum Gasteiger partial charge on any atom is 0.373 e. The van der Waals surface area contributed by atoms with Crippen LogP contribution in [0.5, 0.6) is 0 Å². The quantitative estimate of drug-likeness (QED) is 0.452. The van der Waals surface area contributed by atoms with E-state index in [1.807, 2.05) is 24.3 Å². The standard InChI is InChI=1S/C19H16O6S/c1-22-19(21)16-9-8-13(25-16)11-24-18(20)15-6-2-3-7-17(15)26-12-14-5-4-10-23-14/h2-10H,11-12H2,1H3. The maximum atomic E-state index is 12.4. The molecule has 0 aliphatic carbocycles. The molecule has 1 aromatic carbocycles. The monoisotopic (exact) mass is 372 g/mol. The van der Waals surface area contributed by atoms with Gasteiger partial charge in [-0.2, -0.15) is 0 Å². The van der Waals surface area contributed by atoms with E-state index in [9.17, 15) is 9.59 Å². The number of ether oxygens (including phenoxy) is 2. The number of methoxy groups -OCH3 is 1. The van der Waals surface area contributed by atoms with Crippen LogP contribution in [0.2, 0.25) is 0 Å². The number of esters is 2. The first-order chi connectivity index (χ1) is 12.7. The van der Waals surface area contributed by atoms with Crippen molar-refractivity contribution in [3.05, 3.63) is 77.6 Å². The normalized spacial score (nSPS) is 10.5. The summed E-state index contributed by atoms with van der Waals surface area (Å²) >= 11 is 1.49. The average molecular weight is 372 g/mol. The van der Waals surface area contributed by atoms with Crippen molar-refractivity contribution in [1.82, 2.24) is 0 Å². The molecule has 0 aliphatic heterocycles. The number of furan rings is 2. The molecule has 6 nitrogen and oxygen atoms in total. The molecule has 0 amide bonds. The summed E-state index contributed by atoms with van der Waals surface area (Å²) in [6.07, 6.45) is 1.61. The Hall–Kier alpha value is -2.93. The molecule has 0 aliphatic rings. The molecular formula is C19H16O6S. The SMILES string of the molecule is COC(=O)c1ccc(COC(=O)c2ccccc2SCc2ccco2)o1. The topological polar surface area (TPSA) is 78.9 Å². The highest BCUT2D eigenvalue weighted by atomic mass is 32.2. The molecule has 2 aromatic heterocycles. The molecule has 0 radical (unpaired) electrons. The number of hydrogen-bond donors (Lipinski definition) is 0. The molecule has 0 spiro atoms. The highest BCUT2D eigenvalue weighted by molar-refractivity contribution is 7.98. The lowest BCUT2D eigenvalue weighted by atomic mass is 10.2. The lowest BCUT2D eigenvalue weighted by molar-refractivity contribution is 0.0434. The number of carbonyl (C=O) groups is 2. The van der Waals surface area contributed by atoms with Crippen LogP contribution in [-0.2, 0) is 21.8 Å². The van der Waals surface area contributed by atoms with Crippen LogP contribution in [0.1, 0.15) is 32.4 Å². The minimum absolute atomic E-state index is 0.0629. The van der Waals surface area contributed by atoms with Gasteiger partial charge in [0.05, 0.1) is 24.7 Å². The van der Waals surface area contributed by atoms with Crippen LogP contribution in [0.4, 0.5) is 0 Å². The zero-order valence-electron chi connectivity index (χ0n) is 14.0. The first kappa shape index (κ1) is 17.9. The summed E-state index contributed by atoms with van der Waals surface area (Å²) in [7, 11) is 1.27. The summed E-state index contributed by atoms with van der Waals surface area (Å²) in [6.45, 7) is -0.0764. The number of rotatable bonds is 7. The van der Waals surface area contributed by atoms with Crippen LogP contribution in [-0.4, -0.2) is 19.0 Å². The Bertz CT molecular complexity index is 881. The van der Waals surface area contributed by atoms with Crippen molar-refractivity contribution in [3.63, 3.8) is 0 Å². The number of carbonyl (C=O) groups excluding carboxylic acids is 2. The van der Waals surface area contributed by atoms with Crippen molar-refractivity contribution in [3.8, 4) is 0 Å². The third kappa shape index (κ3) is 4.37. The predicted octanol–water partition coefficient (Wildman–Crippen LogP) is 4.31. The van der Waals surface area contributed by atoms with Gasteiger partial charge in [0.1, 0.15) is 18.1 Å². The van der Waals surface area contributed by atoms with Crippen LogP contribution in [0.15, 0.2) is 68.5 Å². The van der Waals surface area contributed by atoms with E-state index in [1.54, 1.807) is 24.5 Å². The van der Waals surface area contributed by atoms with E-state index < -0.39 is 11.9 Å². The minimum atomic E-state index is -0.581. The van der Waals surface area contributed by atoms with Crippen LogP contribution < -0.4 is 0 Å². The molecule has 3 aromatic rings. The Kier molecular flexibility index (Phi) is 5.80. The summed E-state index contributed by atoms with van der Waals surface area (Å²) in [5.41, 5.74) is 0.462. The molecule has 0 saturated heterocycles. The van der Waals surface area contributed by atoms with E-state index in [-0.39, 0.29) is 12.4 Å². The van der Waals surface area contributed by atoms with Crippen LogP contribution in [0.25, 0.3) is 0 Å². The molecule has 0 bridgehead atoms. The Balaban J connectivity index is 1.62. The van der Waals surface area contributed by atoms with Crippen molar-refractivity contribution in [2.24, 2.45) is 0 Å². The first-order valence-corrected chi connectivity index (χ1v) is 8.74. The second-order valence-electron chi connectivity index (χ2n) is 5.20. The molecule has 0 N–H and O–H groups in total. The zero-order valence-corrected chi connectivity index (χ0v) is 14.8. The Morgan fingerprint density at radius 3 is 2.62 bits per heavy atom. The Labute approximate surface area is 154 Å². The van der Waals surface area contributed by atoms with E-state index in [4.69, 9.17) is 13.6 Å². The van der Waals surface area contributed by atoms with Gasteiger partial charge >= 0.3 is 11.9 Å². The summed E-state index contributed by atoms with van der Waals surface area (Å²) in [6, 6.07) is 13.9. The van der Waals surface area contributed by atoms with E-state index in [1.165, 1.54) is 24.9 Å². The van der Waals surface area contributed by atoms with Gasteiger partial charge in [0.2, 0.25) is 5.76 Å². The summed E-state index contributed by atoms with van der Waals surface area (Å²) in [5.74, 6) is 0.806. The van der Waals surface area contributed by atoms with Crippen molar-refractivity contribution in [1.29, 1.82) is 0 Å². The zero-order chi connectivity index (χ0) is 18.4. The highest BCUT2D eigenvalue weighted by Gasteiger charge is 2.16. The first-order valence-electron chi connectivity index (χ1n) is 7.75. The lowest BCUT2D eigenvalue weighted by Crippen LogP contribution is -2.06. The van der Waals surface area contributed by atoms with Gasteiger partial charge in [-0.3, -0.25) is 0 Å². The number of hydrogen-bond acceptors (Lipinski definition) is 7. The van der Waals surface area contributed by atoms with Gasteiger partial charge in [-0.15, -0.1) is 11.8 Å².